The zero-order valence-corrected chi connectivity index (χ0v) is 17.5. The van der Waals surface area contributed by atoms with Crippen LogP contribution in [0.15, 0.2) is 60.7 Å². The van der Waals surface area contributed by atoms with Crippen molar-refractivity contribution in [3.63, 3.8) is 0 Å². The minimum absolute atomic E-state index is 0.748. The van der Waals surface area contributed by atoms with Crippen LogP contribution in [0.4, 0.5) is 0 Å². The lowest BCUT2D eigenvalue weighted by Gasteiger charge is -2.06. The van der Waals surface area contributed by atoms with E-state index >= 15 is 0 Å². The highest BCUT2D eigenvalue weighted by molar-refractivity contribution is 5.85. The lowest BCUT2D eigenvalue weighted by Crippen LogP contribution is -1.96. The number of ether oxygens (including phenoxy) is 2. The summed E-state index contributed by atoms with van der Waals surface area (Å²) >= 11 is 0. The predicted molar refractivity (Wildman–Crippen MR) is 122 cm³/mol. The first kappa shape index (κ1) is 20.8. The molecule has 0 aromatic heterocycles. The summed E-state index contributed by atoms with van der Waals surface area (Å²) in [5.74, 6) is 8.35. The van der Waals surface area contributed by atoms with E-state index in [0.29, 0.717) is 0 Å². The van der Waals surface area contributed by atoms with Crippen molar-refractivity contribution in [3.05, 3.63) is 71.8 Å². The Labute approximate surface area is 174 Å². The van der Waals surface area contributed by atoms with Gasteiger partial charge in [0.25, 0.3) is 0 Å². The highest BCUT2D eigenvalue weighted by Crippen LogP contribution is 2.22. The van der Waals surface area contributed by atoms with E-state index in [1.54, 1.807) is 0 Å². The highest BCUT2D eigenvalue weighted by Gasteiger charge is 1.99. The fourth-order valence-electron chi connectivity index (χ4n) is 3.11. The number of fused-ring (bicyclic) bond motifs is 1. The third-order valence-corrected chi connectivity index (χ3v) is 4.76. The molecule has 3 aromatic rings. The van der Waals surface area contributed by atoms with Gasteiger partial charge in [0.15, 0.2) is 0 Å². The SMILES string of the molecule is CCCCCCOc1ccc(C#Cc2ccc3cc(OCCC)ccc3c2)cc1. The molecule has 0 fully saturated rings. The van der Waals surface area contributed by atoms with Crippen LogP contribution in [-0.4, -0.2) is 13.2 Å². The summed E-state index contributed by atoms with van der Waals surface area (Å²) < 4.78 is 11.5. The zero-order chi connectivity index (χ0) is 20.3. The first-order valence-electron chi connectivity index (χ1n) is 10.7. The molecule has 3 rings (SSSR count). The Hall–Kier alpha value is -2.92. The largest absolute Gasteiger partial charge is 0.494 e. The first-order valence-corrected chi connectivity index (χ1v) is 10.7. The summed E-state index contributed by atoms with van der Waals surface area (Å²) in [4.78, 5) is 0. The molecule has 0 saturated heterocycles. The van der Waals surface area contributed by atoms with Gasteiger partial charge in [0.1, 0.15) is 11.5 Å². The quantitative estimate of drug-likeness (QED) is 0.291. The molecule has 3 aromatic carbocycles. The van der Waals surface area contributed by atoms with Gasteiger partial charge in [-0.3, -0.25) is 0 Å². The smallest absolute Gasteiger partial charge is 0.119 e. The van der Waals surface area contributed by atoms with Gasteiger partial charge in [-0.1, -0.05) is 57.1 Å². The Balaban J connectivity index is 1.60. The Kier molecular flexibility index (Phi) is 8.01. The molecule has 0 aliphatic heterocycles. The molecule has 2 heteroatoms. The van der Waals surface area contributed by atoms with Gasteiger partial charge in [0.2, 0.25) is 0 Å². The number of benzene rings is 3. The van der Waals surface area contributed by atoms with Crippen LogP contribution in [0.2, 0.25) is 0 Å². The third kappa shape index (κ3) is 6.57. The normalized spacial score (nSPS) is 10.4. The van der Waals surface area contributed by atoms with Crippen LogP contribution in [0.3, 0.4) is 0 Å². The molecule has 0 heterocycles. The maximum Gasteiger partial charge on any atom is 0.119 e. The number of hydrogen-bond donors (Lipinski definition) is 0. The lowest BCUT2D eigenvalue weighted by molar-refractivity contribution is 0.305. The van der Waals surface area contributed by atoms with E-state index in [1.807, 2.05) is 30.3 Å². The molecule has 0 N–H and O–H groups in total. The molecule has 0 bridgehead atoms. The molecule has 0 amide bonds. The highest BCUT2D eigenvalue weighted by atomic mass is 16.5. The van der Waals surface area contributed by atoms with Crippen molar-refractivity contribution in [2.24, 2.45) is 0 Å². The Bertz CT molecular complexity index is 961. The molecule has 0 atom stereocenters. The maximum atomic E-state index is 5.79. The summed E-state index contributed by atoms with van der Waals surface area (Å²) in [6.07, 6.45) is 5.89. The van der Waals surface area contributed by atoms with Gasteiger partial charge in [0.05, 0.1) is 13.2 Å². The molecular weight excluding hydrogens is 356 g/mol. The minimum atomic E-state index is 0.748. The Morgan fingerprint density at radius 1 is 0.586 bits per heavy atom. The summed E-state index contributed by atoms with van der Waals surface area (Å²) in [5, 5.41) is 2.34. The molecular formula is C27H30O2. The van der Waals surface area contributed by atoms with Crippen molar-refractivity contribution in [1.82, 2.24) is 0 Å². The summed E-state index contributed by atoms with van der Waals surface area (Å²) in [6, 6.07) is 20.5. The Morgan fingerprint density at radius 2 is 1.24 bits per heavy atom. The molecule has 0 saturated carbocycles. The number of unbranched alkanes of at least 4 members (excludes halogenated alkanes) is 3. The third-order valence-electron chi connectivity index (χ3n) is 4.76. The second-order valence-corrected chi connectivity index (χ2v) is 7.26. The van der Waals surface area contributed by atoms with E-state index < -0.39 is 0 Å². The van der Waals surface area contributed by atoms with Gasteiger partial charge in [-0.05, 0) is 72.1 Å². The van der Waals surface area contributed by atoms with E-state index in [2.05, 4.69) is 56.0 Å². The number of rotatable bonds is 9. The van der Waals surface area contributed by atoms with E-state index in [0.717, 1.165) is 48.7 Å². The van der Waals surface area contributed by atoms with E-state index in [-0.39, 0.29) is 0 Å². The van der Waals surface area contributed by atoms with E-state index in [4.69, 9.17) is 9.47 Å². The van der Waals surface area contributed by atoms with Gasteiger partial charge < -0.3 is 9.47 Å². The molecule has 0 aliphatic rings. The van der Waals surface area contributed by atoms with Crippen molar-refractivity contribution in [3.8, 4) is 23.3 Å². The second kappa shape index (κ2) is 11.2. The topological polar surface area (TPSA) is 18.5 Å². The van der Waals surface area contributed by atoms with E-state index in [1.165, 1.54) is 30.0 Å². The van der Waals surface area contributed by atoms with Gasteiger partial charge >= 0.3 is 0 Å². The standard InChI is InChI=1S/C27H30O2/c1-3-5-6-7-19-29-26-15-11-22(12-16-26)8-9-23-10-13-25-21-27(28-18-4-2)17-14-24(25)20-23/h10-17,20-21H,3-7,18-19H2,1-2H3. The first-order chi connectivity index (χ1) is 14.3. The van der Waals surface area contributed by atoms with Crippen molar-refractivity contribution in [1.29, 1.82) is 0 Å². The van der Waals surface area contributed by atoms with Crippen LogP contribution in [0, 0.1) is 11.8 Å². The van der Waals surface area contributed by atoms with Crippen molar-refractivity contribution >= 4 is 10.8 Å². The van der Waals surface area contributed by atoms with Gasteiger partial charge in [-0.25, -0.2) is 0 Å². The van der Waals surface area contributed by atoms with Gasteiger partial charge in [-0.15, -0.1) is 0 Å². The fraction of sp³-hybridized carbons (Fsp3) is 0.333. The van der Waals surface area contributed by atoms with Crippen LogP contribution in [0.5, 0.6) is 11.5 Å². The van der Waals surface area contributed by atoms with Gasteiger partial charge in [-0.2, -0.15) is 0 Å². The van der Waals surface area contributed by atoms with Crippen LogP contribution in [0.1, 0.15) is 57.1 Å². The molecule has 0 unspecified atom stereocenters. The summed E-state index contributed by atoms with van der Waals surface area (Å²) in [5.41, 5.74) is 2.00. The molecule has 29 heavy (non-hydrogen) atoms. The fourth-order valence-corrected chi connectivity index (χ4v) is 3.11. The molecule has 150 valence electrons. The van der Waals surface area contributed by atoms with Gasteiger partial charge in [0, 0.05) is 11.1 Å². The Morgan fingerprint density at radius 3 is 2.03 bits per heavy atom. The second-order valence-electron chi connectivity index (χ2n) is 7.26. The lowest BCUT2D eigenvalue weighted by atomic mass is 10.1. The minimum Gasteiger partial charge on any atom is -0.494 e. The van der Waals surface area contributed by atoms with Crippen LogP contribution in [-0.2, 0) is 0 Å². The van der Waals surface area contributed by atoms with Crippen molar-refractivity contribution in [2.45, 2.75) is 46.0 Å². The molecule has 0 aliphatic carbocycles. The summed E-state index contributed by atoms with van der Waals surface area (Å²) in [6.45, 7) is 5.87. The average Bonchev–Trinajstić information content (AvgIpc) is 2.76. The summed E-state index contributed by atoms with van der Waals surface area (Å²) in [7, 11) is 0. The predicted octanol–water partition coefficient (Wildman–Crippen LogP) is 6.99. The number of hydrogen-bond acceptors (Lipinski definition) is 2. The zero-order valence-electron chi connectivity index (χ0n) is 17.5. The monoisotopic (exact) mass is 386 g/mol. The van der Waals surface area contributed by atoms with E-state index in [9.17, 15) is 0 Å². The van der Waals surface area contributed by atoms with Crippen LogP contribution < -0.4 is 9.47 Å². The van der Waals surface area contributed by atoms with Crippen molar-refractivity contribution < 1.29 is 9.47 Å². The molecule has 0 spiro atoms. The molecule has 0 radical (unpaired) electrons. The molecule has 2 nitrogen and oxygen atoms in total. The maximum absolute atomic E-state index is 5.79. The van der Waals surface area contributed by atoms with Crippen LogP contribution >= 0.6 is 0 Å². The van der Waals surface area contributed by atoms with Crippen LogP contribution in [0.25, 0.3) is 10.8 Å². The average molecular weight is 387 g/mol. The van der Waals surface area contributed by atoms with Crippen molar-refractivity contribution in [2.75, 3.05) is 13.2 Å².